The molecular weight excluding hydrogens is 436 g/mol. The molecule has 0 aliphatic carbocycles. The molecule has 0 radical (unpaired) electrons. The number of nitrogens with two attached hydrogens (primary N) is 1. The van der Waals surface area contributed by atoms with Crippen molar-refractivity contribution in [1.82, 2.24) is 14.9 Å². The maximum atomic E-state index is 12.1. The molecule has 0 spiro atoms. The molecule has 3 N–H and O–H groups in total. The second-order valence-electron chi connectivity index (χ2n) is 5.72. The molecule has 140 valence electrons. The molecule has 1 fully saturated rings. The number of nitrogen functional groups attached to an aromatic ring is 1. The zero-order chi connectivity index (χ0) is 19.7. The van der Waals surface area contributed by atoms with E-state index in [4.69, 9.17) is 10.5 Å². The number of hydrogen-bond donors (Lipinski definition) is 2. The molecule has 1 atom stereocenters. The van der Waals surface area contributed by atoms with Crippen molar-refractivity contribution in [3.63, 3.8) is 0 Å². The highest BCUT2D eigenvalue weighted by molar-refractivity contribution is 9.10. The minimum absolute atomic E-state index is 0.0779. The molecule has 27 heavy (non-hydrogen) atoms. The number of benzene rings is 1. The lowest BCUT2D eigenvalue weighted by atomic mass is 10.1. The van der Waals surface area contributed by atoms with Crippen molar-refractivity contribution >= 4 is 50.9 Å². The van der Waals surface area contributed by atoms with Gasteiger partial charge in [-0.05, 0) is 42.5 Å². The van der Waals surface area contributed by atoms with E-state index < -0.39 is 6.10 Å². The van der Waals surface area contributed by atoms with Crippen LogP contribution in [0.2, 0.25) is 0 Å². The Hall–Kier alpha value is -2.59. The SMILES string of the molecule is CC(Oc1cc(/C=C2\SC(=O)N(C)C2=O)c(Br)cc1O)c1cnc(N)nc1. The Morgan fingerprint density at radius 3 is 2.59 bits per heavy atom. The molecule has 3 rings (SSSR count). The molecule has 0 saturated carbocycles. The smallest absolute Gasteiger partial charge is 0.293 e. The van der Waals surface area contributed by atoms with E-state index in [-0.39, 0.29) is 28.6 Å². The minimum atomic E-state index is -0.451. The highest BCUT2D eigenvalue weighted by atomic mass is 79.9. The van der Waals surface area contributed by atoms with E-state index in [0.29, 0.717) is 20.5 Å². The van der Waals surface area contributed by atoms with Crippen molar-refractivity contribution in [3.05, 3.63) is 45.0 Å². The molecule has 2 amide bonds. The average Bonchev–Trinajstić information content (AvgIpc) is 2.86. The second kappa shape index (κ2) is 7.57. The van der Waals surface area contributed by atoms with Gasteiger partial charge in [0.1, 0.15) is 6.10 Å². The van der Waals surface area contributed by atoms with Crippen molar-refractivity contribution in [1.29, 1.82) is 0 Å². The highest BCUT2D eigenvalue weighted by Gasteiger charge is 2.32. The number of thioether (sulfide) groups is 1. The molecule has 2 heterocycles. The third kappa shape index (κ3) is 4.06. The number of aromatic nitrogens is 2. The van der Waals surface area contributed by atoms with E-state index in [2.05, 4.69) is 25.9 Å². The highest BCUT2D eigenvalue weighted by Crippen LogP contribution is 2.38. The summed E-state index contributed by atoms with van der Waals surface area (Å²) in [5.74, 6) is -0.0835. The van der Waals surface area contributed by atoms with Gasteiger partial charge in [-0.15, -0.1) is 0 Å². The first-order valence-corrected chi connectivity index (χ1v) is 9.35. The summed E-state index contributed by atoms with van der Waals surface area (Å²) in [5, 5.41) is 9.85. The number of carbonyl (C=O) groups excluding carboxylic acids is 2. The monoisotopic (exact) mass is 450 g/mol. The fraction of sp³-hybridized carbons (Fsp3) is 0.176. The lowest BCUT2D eigenvalue weighted by Crippen LogP contribution is -2.22. The Kier molecular flexibility index (Phi) is 5.38. The van der Waals surface area contributed by atoms with Gasteiger partial charge in [0.2, 0.25) is 5.95 Å². The number of phenolic OH excluding ortho intramolecular Hbond substituents is 1. The van der Waals surface area contributed by atoms with Gasteiger partial charge in [-0.3, -0.25) is 14.5 Å². The normalized spacial score (nSPS) is 16.9. The van der Waals surface area contributed by atoms with Crippen LogP contribution in [-0.2, 0) is 4.79 Å². The number of ether oxygens (including phenoxy) is 1. The van der Waals surface area contributed by atoms with Gasteiger partial charge in [0, 0.05) is 29.5 Å². The maximum Gasteiger partial charge on any atom is 0.293 e. The maximum absolute atomic E-state index is 12.1. The fourth-order valence-corrected chi connectivity index (χ4v) is 3.53. The van der Waals surface area contributed by atoms with Crippen molar-refractivity contribution in [2.75, 3.05) is 12.8 Å². The van der Waals surface area contributed by atoms with Gasteiger partial charge in [0.15, 0.2) is 11.5 Å². The van der Waals surface area contributed by atoms with Crippen molar-refractivity contribution < 1.29 is 19.4 Å². The molecule has 1 saturated heterocycles. The van der Waals surface area contributed by atoms with Crippen LogP contribution in [0.25, 0.3) is 6.08 Å². The number of carbonyl (C=O) groups is 2. The first-order chi connectivity index (χ1) is 12.8. The van der Waals surface area contributed by atoms with Gasteiger partial charge < -0.3 is 15.6 Å². The number of likely N-dealkylation sites (N-methyl/N-ethyl adjacent to an activating group) is 1. The van der Waals surface area contributed by atoms with Gasteiger partial charge >= 0.3 is 0 Å². The van der Waals surface area contributed by atoms with Gasteiger partial charge in [0.05, 0.1) is 4.91 Å². The Bertz CT molecular complexity index is 949. The van der Waals surface area contributed by atoms with Crippen molar-refractivity contribution in [3.8, 4) is 11.5 Å². The number of halogens is 1. The average molecular weight is 451 g/mol. The fourth-order valence-electron chi connectivity index (χ4n) is 2.27. The number of phenols is 1. The largest absolute Gasteiger partial charge is 0.504 e. The summed E-state index contributed by atoms with van der Waals surface area (Å²) in [4.78, 5) is 32.9. The number of imide groups is 1. The van der Waals surface area contributed by atoms with E-state index in [0.717, 1.165) is 16.7 Å². The Morgan fingerprint density at radius 2 is 2.00 bits per heavy atom. The molecule has 8 nitrogen and oxygen atoms in total. The summed E-state index contributed by atoms with van der Waals surface area (Å²) in [7, 11) is 1.43. The van der Waals surface area contributed by atoms with Crippen LogP contribution < -0.4 is 10.5 Å². The molecule has 10 heteroatoms. The number of amides is 2. The van der Waals surface area contributed by atoms with Gasteiger partial charge in [-0.25, -0.2) is 9.97 Å². The zero-order valence-corrected chi connectivity index (χ0v) is 16.7. The summed E-state index contributed by atoms with van der Waals surface area (Å²) >= 11 is 4.20. The van der Waals surface area contributed by atoms with Crippen LogP contribution in [0.5, 0.6) is 11.5 Å². The zero-order valence-electron chi connectivity index (χ0n) is 14.3. The molecule has 1 aromatic carbocycles. The minimum Gasteiger partial charge on any atom is -0.504 e. The number of hydrogen-bond acceptors (Lipinski definition) is 8. The summed E-state index contributed by atoms with van der Waals surface area (Å²) in [5.41, 5.74) is 6.74. The van der Waals surface area contributed by atoms with Crippen LogP contribution in [0, 0.1) is 0 Å². The molecule has 1 aromatic heterocycles. The van der Waals surface area contributed by atoms with Crippen LogP contribution >= 0.6 is 27.7 Å². The summed E-state index contributed by atoms with van der Waals surface area (Å²) in [6.07, 6.45) is 4.21. The van der Waals surface area contributed by atoms with E-state index >= 15 is 0 Å². The lowest BCUT2D eigenvalue weighted by molar-refractivity contribution is -0.121. The number of nitrogens with zero attached hydrogens (tertiary/aromatic N) is 3. The standard InChI is InChI=1S/C17H15BrN4O4S/c1-8(10-6-20-16(19)21-7-10)26-13-3-9(11(18)5-12(13)23)4-14-15(24)22(2)17(25)27-14/h3-8,23H,1-2H3,(H2,19,20,21)/b14-4-. The van der Waals surface area contributed by atoms with E-state index in [1.165, 1.54) is 13.1 Å². The van der Waals surface area contributed by atoms with E-state index in [9.17, 15) is 14.7 Å². The molecular formula is C17H15BrN4O4S. The second-order valence-corrected chi connectivity index (χ2v) is 7.56. The molecule has 2 aromatic rings. The summed E-state index contributed by atoms with van der Waals surface area (Å²) in [6.45, 7) is 1.78. The summed E-state index contributed by atoms with van der Waals surface area (Å²) in [6, 6.07) is 3.04. The third-order valence-electron chi connectivity index (χ3n) is 3.82. The Morgan fingerprint density at radius 1 is 1.33 bits per heavy atom. The molecule has 1 unspecified atom stereocenters. The molecule has 1 aliphatic rings. The van der Waals surface area contributed by atoms with Crippen LogP contribution in [0.15, 0.2) is 33.9 Å². The predicted octanol–water partition coefficient (Wildman–Crippen LogP) is 3.33. The molecule has 0 bridgehead atoms. The van der Waals surface area contributed by atoms with Crippen molar-refractivity contribution in [2.45, 2.75) is 13.0 Å². The topological polar surface area (TPSA) is 119 Å². The Labute approximate surface area is 167 Å². The number of anilines is 1. The first-order valence-electron chi connectivity index (χ1n) is 7.74. The summed E-state index contributed by atoms with van der Waals surface area (Å²) < 4.78 is 6.36. The first kappa shape index (κ1) is 19.2. The van der Waals surface area contributed by atoms with Crippen LogP contribution in [0.4, 0.5) is 10.7 Å². The van der Waals surface area contributed by atoms with E-state index in [1.807, 2.05) is 0 Å². The third-order valence-corrected chi connectivity index (χ3v) is 5.46. The van der Waals surface area contributed by atoms with Crippen molar-refractivity contribution in [2.24, 2.45) is 0 Å². The van der Waals surface area contributed by atoms with E-state index in [1.54, 1.807) is 31.5 Å². The van der Waals surface area contributed by atoms with Gasteiger partial charge in [-0.2, -0.15) is 0 Å². The van der Waals surface area contributed by atoms with Crippen LogP contribution in [0.3, 0.4) is 0 Å². The lowest BCUT2D eigenvalue weighted by Gasteiger charge is -2.16. The van der Waals surface area contributed by atoms with Gasteiger partial charge in [-0.1, -0.05) is 15.9 Å². The van der Waals surface area contributed by atoms with Crippen LogP contribution in [-0.4, -0.2) is 38.2 Å². The number of aromatic hydroxyl groups is 1. The quantitative estimate of drug-likeness (QED) is 0.680. The molecule has 1 aliphatic heterocycles. The van der Waals surface area contributed by atoms with Crippen LogP contribution in [0.1, 0.15) is 24.2 Å². The van der Waals surface area contributed by atoms with Gasteiger partial charge in [0.25, 0.3) is 11.1 Å². The predicted molar refractivity (Wildman–Crippen MR) is 105 cm³/mol. The number of rotatable bonds is 4. The Balaban J connectivity index is 1.89.